The maximum atomic E-state index is 12.1. The van der Waals surface area contributed by atoms with E-state index in [4.69, 9.17) is 30.4 Å². The molecule has 0 aliphatic rings. The Kier molecular flexibility index (Phi) is 12.2. The van der Waals surface area contributed by atoms with Crippen molar-refractivity contribution < 1.29 is 38.1 Å². The molecule has 0 aromatic rings. The van der Waals surface area contributed by atoms with Crippen LogP contribution in [0, 0.1) is 0 Å². The van der Waals surface area contributed by atoms with Gasteiger partial charge in [-0.05, 0) is 27.7 Å². The van der Waals surface area contributed by atoms with Gasteiger partial charge in [-0.3, -0.25) is 0 Å². The van der Waals surface area contributed by atoms with E-state index in [1.165, 1.54) is 0 Å². The van der Waals surface area contributed by atoms with E-state index < -0.39 is 35.0 Å². The molecule has 0 rings (SSSR count). The van der Waals surface area contributed by atoms with Gasteiger partial charge in [0.15, 0.2) is 0 Å². The highest BCUT2D eigenvalue weighted by Gasteiger charge is 2.47. The molecule has 0 spiro atoms. The molecule has 28 heavy (non-hydrogen) atoms. The van der Waals surface area contributed by atoms with E-state index in [2.05, 4.69) is 0 Å². The summed E-state index contributed by atoms with van der Waals surface area (Å²) in [6, 6.07) is 0. The van der Waals surface area contributed by atoms with Crippen LogP contribution in [0.4, 0.5) is 0 Å². The number of hydrogen-bond donors (Lipinski definition) is 2. The van der Waals surface area contributed by atoms with E-state index in [1.807, 2.05) is 0 Å². The lowest BCUT2D eigenvalue weighted by Crippen LogP contribution is -2.59. The van der Waals surface area contributed by atoms with Crippen molar-refractivity contribution in [2.75, 3.05) is 37.9 Å². The SMILES string of the molecule is CCOC(=O)C(N)(CSSCC(N)(C(=O)OCC)C(=O)OCC)C(=O)OCC. The van der Waals surface area contributed by atoms with Crippen molar-refractivity contribution in [3.8, 4) is 0 Å². The number of hydrogen-bond acceptors (Lipinski definition) is 12. The van der Waals surface area contributed by atoms with Gasteiger partial charge in [0.05, 0.1) is 26.4 Å². The molecule has 0 fully saturated rings. The van der Waals surface area contributed by atoms with Crippen molar-refractivity contribution in [2.45, 2.75) is 38.8 Å². The Morgan fingerprint density at radius 3 is 1.00 bits per heavy atom. The average Bonchev–Trinajstić information content (AvgIpc) is 2.65. The second-order valence-corrected chi connectivity index (χ2v) is 7.81. The fraction of sp³-hybridized carbons (Fsp3) is 0.750. The summed E-state index contributed by atoms with van der Waals surface area (Å²) in [7, 11) is 1.92. The summed E-state index contributed by atoms with van der Waals surface area (Å²) in [6.45, 7) is 6.44. The molecule has 10 nitrogen and oxygen atoms in total. The van der Waals surface area contributed by atoms with Crippen LogP contribution >= 0.6 is 21.6 Å². The first-order chi connectivity index (χ1) is 13.1. The number of rotatable bonds is 13. The molecule has 0 heterocycles. The normalized spacial score (nSPS) is 11.5. The van der Waals surface area contributed by atoms with Crippen LogP contribution in [0.5, 0.6) is 0 Å². The third kappa shape index (κ3) is 7.15. The summed E-state index contributed by atoms with van der Waals surface area (Å²) in [5.74, 6) is -4.19. The van der Waals surface area contributed by atoms with Gasteiger partial charge in [-0.2, -0.15) is 0 Å². The highest BCUT2D eigenvalue weighted by atomic mass is 33.1. The predicted octanol–water partition coefficient (Wildman–Crippen LogP) is 0.0152. The lowest BCUT2D eigenvalue weighted by atomic mass is 10.1. The van der Waals surface area contributed by atoms with Gasteiger partial charge >= 0.3 is 23.9 Å². The van der Waals surface area contributed by atoms with Gasteiger partial charge < -0.3 is 30.4 Å². The minimum absolute atomic E-state index is 0.0344. The third-order valence-corrected chi connectivity index (χ3v) is 5.74. The Morgan fingerprint density at radius 1 is 0.607 bits per heavy atom. The number of carbonyl (C=O) groups excluding carboxylic acids is 4. The van der Waals surface area contributed by atoms with Crippen molar-refractivity contribution in [1.29, 1.82) is 0 Å². The molecule has 0 aromatic carbocycles. The molecule has 0 aromatic heterocycles. The maximum Gasteiger partial charge on any atom is 0.338 e. The zero-order valence-corrected chi connectivity index (χ0v) is 18.1. The lowest BCUT2D eigenvalue weighted by Gasteiger charge is -2.26. The number of carbonyl (C=O) groups is 4. The maximum absolute atomic E-state index is 12.1. The van der Waals surface area contributed by atoms with Crippen molar-refractivity contribution >= 4 is 45.5 Å². The largest absolute Gasteiger partial charge is 0.464 e. The van der Waals surface area contributed by atoms with Gasteiger partial charge in [0.25, 0.3) is 0 Å². The van der Waals surface area contributed by atoms with E-state index >= 15 is 0 Å². The molecule has 0 bridgehead atoms. The summed E-state index contributed by atoms with van der Waals surface area (Å²) in [4.78, 5) is 48.5. The van der Waals surface area contributed by atoms with Gasteiger partial charge in [-0.15, -0.1) is 0 Å². The first-order valence-electron chi connectivity index (χ1n) is 8.64. The molecule has 12 heteroatoms. The van der Waals surface area contributed by atoms with E-state index in [0.29, 0.717) is 0 Å². The first kappa shape index (κ1) is 26.5. The van der Waals surface area contributed by atoms with Crippen LogP contribution in [0.2, 0.25) is 0 Å². The molecule has 0 aliphatic carbocycles. The minimum Gasteiger partial charge on any atom is -0.464 e. The molecule has 0 amide bonds. The summed E-state index contributed by atoms with van der Waals surface area (Å²) >= 11 is 0. The Hall–Kier alpha value is -1.50. The third-order valence-electron chi connectivity index (χ3n) is 3.22. The topological polar surface area (TPSA) is 157 Å². The molecule has 0 atom stereocenters. The summed E-state index contributed by atoms with van der Waals surface area (Å²) in [6.07, 6.45) is 0. The molecule has 0 aliphatic heterocycles. The number of esters is 4. The second-order valence-electron chi connectivity index (χ2n) is 5.35. The highest BCUT2D eigenvalue weighted by Crippen LogP contribution is 2.30. The molecule has 0 saturated carbocycles. The molecule has 0 radical (unpaired) electrons. The zero-order chi connectivity index (χ0) is 21.8. The minimum atomic E-state index is -2.03. The van der Waals surface area contributed by atoms with Crippen LogP contribution in [0.25, 0.3) is 0 Å². The standard InChI is InChI=1S/C16H28N2O8S2/c1-5-23-11(19)15(17,12(20)24-6-2)9-27-28-10-16(18,13(21)25-7-3)14(22)26-8-4/h5-10,17-18H2,1-4H3. The monoisotopic (exact) mass is 440 g/mol. The molecular weight excluding hydrogens is 412 g/mol. The van der Waals surface area contributed by atoms with Gasteiger partial charge in [-0.25, -0.2) is 19.2 Å². The van der Waals surface area contributed by atoms with Gasteiger partial charge in [0, 0.05) is 11.5 Å². The number of ether oxygens (including phenoxy) is 4. The summed E-state index contributed by atoms with van der Waals surface area (Å²) in [5.41, 5.74) is 7.78. The fourth-order valence-corrected chi connectivity index (χ4v) is 4.34. The molecule has 0 unspecified atom stereocenters. The van der Waals surface area contributed by atoms with Crippen LogP contribution in [-0.2, 0) is 38.1 Å². The van der Waals surface area contributed by atoms with Gasteiger partial charge in [0.1, 0.15) is 0 Å². The smallest absolute Gasteiger partial charge is 0.338 e. The number of nitrogens with two attached hydrogens (primary N) is 2. The molecule has 162 valence electrons. The average molecular weight is 441 g/mol. The fourth-order valence-electron chi connectivity index (χ4n) is 1.71. The molecule has 4 N–H and O–H groups in total. The predicted molar refractivity (Wildman–Crippen MR) is 105 cm³/mol. The second kappa shape index (κ2) is 12.9. The van der Waals surface area contributed by atoms with Gasteiger partial charge in [0.2, 0.25) is 11.1 Å². The lowest BCUT2D eigenvalue weighted by molar-refractivity contribution is -0.164. The van der Waals surface area contributed by atoms with Crippen LogP contribution in [0.15, 0.2) is 0 Å². The summed E-state index contributed by atoms with van der Waals surface area (Å²) in [5, 5.41) is 0. The van der Waals surface area contributed by atoms with E-state index in [-0.39, 0.29) is 37.9 Å². The Labute approximate surface area is 172 Å². The highest BCUT2D eigenvalue weighted by molar-refractivity contribution is 8.76. The van der Waals surface area contributed by atoms with E-state index in [1.54, 1.807) is 27.7 Å². The first-order valence-corrected chi connectivity index (χ1v) is 11.1. The van der Waals surface area contributed by atoms with Crippen molar-refractivity contribution in [1.82, 2.24) is 0 Å². The van der Waals surface area contributed by atoms with Crippen molar-refractivity contribution in [2.24, 2.45) is 11.5 Å². The zero-order valence-electron chi connectivity index (χ0n) is 16.5. The van der Waals surface area contributed by atoms with Crippen molar-refractivity contribution in [3.05, 3.63) is 0 Å². The van der Waals surface area contributed by atoms with Crippen LogP contribution in [0.1, 0.15) is 27.7 Å². The van der Waals surface area contributed by atoms with Gasteiger partial charge in [-0.1, -0.05) is 21.6 Å². The van der Waals surface area contributed by atoms with Crippen molar-refractivity contribution in [3.63, 3.8) is 0 Å². The molecule has 0 saturated heterocycles. The quantitative estimate of drug-likeness (QED) is 0.130. The molecular formula is C16H28N2O8S2. The van der Waals surface area contributed by atoms with Crippen LogP contribution < -0.4 is 11.5 Å². The van der Waals surface area contributed by atoms with E-state index in [9.17, 15) is 19.2 Å². The Balaban J connectivity index is 5.14. The van der Waals surface area contributed by atoms with E-state index in [0.717, 1.165) is 21.6 Å². The summed E-state index contributed by atoms with van der Waals surface area (Å²) < 4.78 is 19.4. The Morgan fingerprint density at radius 2 is 0.821 bits per heavy atom. The Bertz CT molecular complexity index is 475. The van der Waals surface area contributed by atoms with Crippen LogP contribution in [0.3, 0.4) is 0 Å². The van der Waals surface area contributed by atoms with Crippen LogP contribution in [-0.4, -0.2) is 72.9 Å².